The van der Waals surface area contributed by atoms with Gasteiger partial charge in [0.1, 0.15) is 12.4 Å². The van der Waals surface area contributed by atoms with Crippen LogP contribution in [0.1, 0.15) is 37.2 Å². The summed E-state index contributed by atoms with van der Waals surface area (Å²) in [6.07, 6.45) is -2.86. The van der Waals surface area contributed by atoms with Crippen LogP contribution in [-0.2, 0) is 9.53 Å². The minimum Gasteiger partial charge on any atom is -0.447 e. The van der Waals surface area contributed by atoms with Gasteiger partial charge >= 0.3 is 12.5 Å². The first-order valence-corrected chi connectivity index (χ1v) is 9.33. The molecule has 0 unspecified atom stereocenters. The number of cyclic esters (lactones) is 1. The van der Waals surface area contributed by atoms with Crippen molar-refractivity contribution in [3.8, 4) is 5.75 Å². The third-order valence-electron chi connectivity index (χ3n) is 5.86. The molecule has 0 bridgehead atoms. The molecule has 2 heterocycles. The van der Waals surface area contributed by atoms with Crippen molar-refractivity contribution in [3.05, 3.63) is 29.8 Å². The maximum Gasteiger partial charge on any atom is 0.573 e. The maximum atomic E-state index is 12.7. The van der Waals surface area contributed by atoms with E-state index in [2.05, 4.69) is 10.1 Å². The number of alkyl carbamates (subject to hydrolysis) is 1. The topological polar surface area (TPSA) is 67.9 Å². The average Bonchev–Trinajstić information content (AvgIpc) is 3.01. The fourth-order valence-corrected chi connectivity index (χ4v) is 4.47. The number of nitrogens with one attached hydrogen (secondary N) is 1. The second-order valence-electron chi connectivity index (χ2n) is 7.77. The summed E-state index contributed by atoms with van der Waals surface area (Å²) in [5, 5.41) is 2.77. The molecule has 2 saturated heterocycles. The van der Waals surface area contributed by atoms with E-state index in [1.165, 1.54) is 12.1 Å². The maximum absolute atomic E-state index is 12.7. The molecule has 0 aromatic heterocycles. The van der Waals surface area contributed by atoms with Crippen molar-refractivity contribution >= 4 is 12.0 Å². The zero-order valence-corrected chi connectivity index (χ0v) is 15.1. The Labute approximate surface area is 160 Å². The summed E-state index contributed by atoms with van der Waals surface area (Å²) in [5.74, 6) is -0.347. The minimum atomic E-state index is -4.73. The van der Waals surface area contributed by atoms with E-state index >= 15 is 0 Å². The Bertz CT molecular complexity index is 769. The molecule has 1 spiro atoms. The normalized spacial score (nSPS) is 27.9. The standard InChI is InChI=1S/C19H21F3N2O4/c20-19(21,22)28-15-4-2-1-3-14(15)12-5-7-24(8-6-12)16(25)13-9-18(10-13)11-27-17(26)23-18/h1-4,12-13H,5-11H2,(H,23,26). The Balaban J connectivity index is 1.33. The number of carbonyl (C=O) groups excluding carboxylic acids is 2. The van der Waals surface area contributed by atoms with E-state index in [-0.39, 0.29) is 23.5 Å². The molecular weight excluding hydrogens is 377 g/mol. The highest BCUT2D eigenvalue weighted by Crippen LogP contribution is 2.42. The van der Waals surface area contributed by atoms with Crippen molar-refractivity contribution < 1.29 is 32.2 Å². The molecule has 1 saturated carbocycles. The van der Waals surface area contributed by atoms with Crippen LogP contribution in [0.4, 0.5) is 18.0 Å². The van der Waals surface area contributed by atoms with Gasteiger partial charge in [-0.1, -0.05) is 18.2 Å². The number of hydrogen-bond acceptors (Lipinski definition) is 4. The highest BCUT2D eigenvalue weighted by Gasteiger charge is 2.53. The molecule has 152 valence electrons. The van der Waals surface area contributed by atoms with Crippen LogP contribution < -0.4 is 10.1 Å². The second-order valence-corrected chi connectivity index (χ2v) is 7.77. The molecule has 1 aromatic rings. The van der Waals surface area contributed by atoms with Crippen molar-refractivity contribution in [2.24, 2.45) is 5.92 Å². The highest BCUT2D eigenvalue weighted by molar-refractivity contribution is 5.81. The lowest BCUT2D eigenvalue weighted by Gasteiger charge is -2.45. The summed E-state index contributed by atoms with van der Waals surface area (Å²) in [6, 6.07) is 6.19. The lowest BCUT2D eigenvalue weighted by Crippen LogP contribution is -2.58. The van der Waals surface area contributed by atoms with E-state index in [1.54, 1.807) is 17.0 Å². The largest absolute Gasteiger partial charge is 0.573 e. The zero-order valence-electron chi connectivity index (χ0n) is 15.1. The van der Waals surface area contributed by atoms with Crippen LogP contribution in [0, 0.1) is 5.92 Å². The second kappa shape index (κ2) is 6.86. The van der Waals surface area contributed by atoms with Gasteiger partial charge in [-0.2, -0.15) is 0 Å². The Morgan fingerprint density at radius 3 is 2.50 bits per heavy atom. The van der Waals surface area contributed by atoms with E-state index in [0.717, 1.165) is 0 Å². The number of benzene rings is 1. The average molecular weight is 398 g/mol. The summed E-state index contributed by atoms with van der Waals surface area (Å²) < 4.78 is 47.0. The number of ether oxygens (including phenoxy) is 2. The minimum absolute atomic E-state index is 0.0463. The molecule has 6 nitrogen and oxygen atoms in total. The molecule has 0 atom stereocenters. The van der Waals surface area contributed by atoms with E-state index in [4.69, 9.17) is 4.74 Å². The number of hydrogen-bond donors (Lipinski definition) is 1. The van der Waals surface area contributed by atoms with Crippen molar-refractivity contribution in [2.45, 2.75) is 43.5 Å². The summed E-state index contributed by atoms with van der Waals surface area (Å²) in [4.78, 5) is 25.7. The Kier molecular flexibility index (Phi) is 4.63. The molecule has 2 amide bonds. The first-order chi connectivity index (χ1) is 13.2. The summed E-state index contributed by atoms with van der Waals surface area (Å²) >= 11 is 0. The fourth-order valence-electron chi connectivity index (χ4n) is 4.47. The number of nitrogens with zero attached hydrogens (tertiary/aromatic N) is 1. The van der Waals surface area contributed by atoms with Crippen LogP contribution in [0.3, 0.4) is 0 Å². The predicted octanol–water partition coefficient (Wildman–Crippen LogP) is 3.18. The van der Waals surface area contributed by atoms with Gasteiger partial charge < -0.3 is 19.7 Å². The van der Waals surface area contributed by atoms with Gasteiger partial charge in [0.05, 0.1) is 5.54 Å². The van der Waals surface area contributed by atoms with E-state index in [0.29, 0.717) is 50.9 Å². The third kappa shape index (κ3) is 3.74. The van der Waals surface area contributed by atoms with Crippen molar-refractivity contribution in [1.82, 2.24) is 10.2 Å². The van der Waals surface area contributed by atoms with Gasteiger partial charge in [0.25, 0.3) is 0 Å². The molecule has 3 fully saturated rings. The summed E-state index contributed by atoms with van der Waals surface area (Å²) in [5.41, 5.74) is 0.129. The van der Waals surface area contributed by atoms with Crippen LogP contribution in [0.5, 0.6) is 5.75 Å². The molecule has 0 radical (unpaired) electrons. The quantitative estimate of drug-likeness (QED) is 0.849. The van der Waals surface area contributed by atoms with E-state index < -0.39 is 18.0 Å². The number of likely N-dealkylation sites (tertiary alicyclic amines) is 1. The molecule has 4 rings (SSSR count). The van der Waals surface area contributed by atoms with E-state index in [1.807, 2.05) is 0 Å². The van der Waals surface area contributed by atoms with Gasteiger partial charge in [-0.15, -0.1) is 13.2 Å². The van der Waals surface area contributed by atoms with Crippen LogP contribution in [0.25, 0.3) is 0 Å². The zero-order chi connectivity index (χ0) is 19.9. The van der Waals surface area contributed by atoms with Gasteiger partial charge in [0.2, 0.25) is 5.91 Å². The molecule has 28 heavy (non-hydrogen) atoms. The SMILES string of the molecule is O=C1NC2(CO1)CC(C(=O)N1CCC(c3ccccc3OC(F)(F)F)CC1)C2. The highest BCUT2D eigenvalue weighted by atomic mass is 19.4. The first kappa shape index (κ1) is 18.9. The molecule has 9 heteroatoms. The predicted molar refractivity (Wildman–Crippen MR) is 91.6 cm³/mol. The number of halogens is 3. The van der Waals surface area contributed by atoms with Gasteiger partial charge in [-0.05, 0) is 43.2 Å². The van der Waals surface area contributed by atoms with Gasteiger partial charge in [0.15, 0.2) is 0 Å². The number of rotatable bonds is 3. The molecule has 1 aromatic carbocycles. The van der Waals surface area contributed by atoms with Crippen LogP contribution in [0.15, 0.2) is 24.3 Å². The van der Waals surface area contributed by atoms with Crippen LogP contribution >= 0.6 is 0 Å². The van der Waals surface area contributed by atoms with Crippen molar-refractivity contribution in [3.63, 3.8) is 0 Å². The summed E-state index contributed by atoms with van der Waals surface area (Å²) in [7, 11) is 0. The number of para-hydroxylation sites is 1. The lowest BCUT2D eigenvalue weighted by molar-refractivity contribution is -0.275. The monoisotopic (exact) mass is 398 g/mol. The first-order valence-electron chi connectivity index (χ1n) is 9.33. The molecule has 3 aliphatic rings. The number of carbonyl (C=O) groups is 2. The van der Waals surface area contributed by atoms with Gasteiger partial charge in [0, 0.05) is 19.0 Å². The number of amides is 2. The lowest BCUT2D eigenvalue weighted by atomic mass is 9.68. The number of piperidine rings is 1. The Morgan fingerprint density at radius 2 is 1.89 bits per heavy atom. The van der Waals surface area contributed by atoms with Gasteiger partial charge in [-0.3, -0.25) is 4.79 Å². The number of alkyl halides is 3. The molecular formula is C19H21F3N2O4. The Morgan fingerprint density at radius 1 is 1.21 bits per heavy atom. The molecule has 1 N–H and O–H groups in total. The summed E-state index contributed by atoms with van der Waals surface area (Å²) in [6.45, 7) is 1.29. The van der Waals surface area contributed by atoms with Crippen LogP contribution in [0.2, 0.25) is 0 Å². The Hall–Kier alpha value is -2.45. The van der Waals surface area contributed by atoms with Crippen LogP contribution in [-0.4, -0.2) is 48.5 Å². The molecule has 2 aliphatic heterocycles. The van der Waals surface area contributed by atoms with Gasteiger partial charge in [-0.25, -0.2) is 4.79 Å². The fraction of sp³-hybridized carbons (Fsp3) is 0.579. The van der Waals surface area contributed by atoms with E-state index in [9.17, 15) is 22.8 Å². The third-order valence-corrected chi connectivity index (χ3v) is 5.86. The molecule has 1 aliphatic carbocycles. The smallest absolute Gasteiger partial charge is 0.447 e. The van der Waals surface area contributed by atoms with Crippen molar-refractivity contribution in [1.29, 1.82) is 0 Å². The van der Waals surface area contributed by atoms with Crippen molar-refractivity contribution in [2.75, 3.05) is 19.7 Å².